The smallest absolute Gasteiger partial charge is 0.191 e. The molecule has 4 heterocycles. The van der Waals surface area contributed by atoms with E-state index in [-0.39, 0.29) is 24.0 Å². The number of halogens is 1. The quantitative estimate of drug-likeness (QED) is 0.381. The zero-order chi connectivity index (χ0) is 14.5. The average Bonchev–Trinajstić information content (AvgIpc) is 3.05. The lowest BCUT2D eigenvalue weighted by Crippen LogP contribution is -2.62. The fraction of sp³-hybridized carbons (Fsp3) is 0.933. The van der Waals surface area contributed by atoms with Gasteiger partial charge in [0.25, 0.3) is 0 Å². The Kier molecular flexibility index (Phi) is 8.07. The van der Waals surface area contributed by atoms with Crippen molar-refractivity contribution in [2.45, 2.75) is 31.1 Å². The Morgan fingerprint density at radius 1 is 1.23 bits per heavy atom. The van der Waals surface area contributed by atoms with Crippen molar-refractivity contribution in [2.24, 2.45) is 4.99 Å². The average molecular weight is 439 g/mol. The molecule has 4 saturated heterocycles. The first-order chi connectivity index (χ1) is 10.3. The molecular formula is C15H30IN5S. The highest BCUT2D eigenvalue weighted by Crippen LogP contribution is 2.25. The molecule has 0 aromatic heterocycles. The third-order valence-electron chi connectivity index (χ3n) is 4.72. The van der Waals surface area contributed by atoms with E-state index in [9.17, 15) is 0 Å². The first-order valence-corrected chi connectivity index (χ1v) is 9.50. The molecule has 0 spiro atoms. The molecule has 2 atom stereocenters. The molecule has 128 valence electrons. The summed E-state index contributed by atoms with van der Waals surface area (Å²) in [5.74, 6) is 2.33. The number of guanidine groups is 1. The lowest BCUT2D eigenvalue weighted by Gasteiger charge is -2.47. The molecular weight excluding hydrogens is 409 g/mol. The van der Waals surface area contributed by atoms with Gasteiger partial charge in [0, 0.05) is 57.1 Å². The van der Waals surface area contributed by atoms with E-state index in [1.807, 2.05) is 0 Å². The van der Waals surface area contributed by atoms with Crippen LogP contribution in [0.5, 0.6) is 0 Å². The van der Waals surface area contributed by atoms with Crippen molar-refractivity contribution in [1.82, 2.24) is 20.4 Å². The van der Waals surface area contributed by atoms with Crippen LogP contribution >= 0.6 is 35.7 Å². The minimum Gasteiger partial charge on any atom is -0.357 e. The van der Waals surface area contributed by atoms with E-state index in [1.165, 1.54) is 51.3 Å². The number of piperazine rings is 3. The van der Waals surface area contributed by atoms with E-state index in [0.717, 1.165) is 30.8 Å². The molecule has 0 saturated carbocycles. The van der Waals surface area contributed by atoms with E-state index in [1.54, 1.807) is 0 Å². The highest BCUT2D eigenvalue weighted by molar-refractivity contribution is 14.0. The summed E-state index contributed by atoms with van der Waals surface area (Å²) in [6, 6.07) is 0.615. The summed E-state index contributed by atoms with van der Waals surface area (Å²) in [4.78, 5) is 10.0. The Morgan fingerprint density at radius 2 is 2.05 bits per heavy atom. The summed E-state index contributed by atoms with van der Waals surface area (Å²) in [6.45, 7) is 11.2. The number of aliphatic imine (C=N–C) groups is 1. The summed E-state index contributed by atoms with van der Waals surface area (Å²) in [5.41, 5.74) is 0. The van der Waals surface area contributed by atoms with Crippen LogP contribution < -0.4 is 10.6 Å². The van der Waals surface area contributed by atoms with Crippen LogP contribution in [0.15, 0.2) is 4.99 Å². The van der Waals surface area contributed by atoms with Gasteiger partial charge in [0.05, 0.1) is 6.54 Å². The predicted molar refractivity (Wildman–Crippen MR) is 107 cm³/mol. The molecule has 2 N–H and O–H groups in total. The highest BCUT2D eigenvalue weighted by atomic mass is 127. The molecule has 0 aromatic carbocycles. The van der Waals surface area contributed by atoms with Crippen LogP contribution in [0, 0.1) is 0 Å². The molecule has 5 nitrogen and oxygen atoms in total. The second-order valence-electron chi connectivity index (χ2n) is 6.23. The van der Waals surface area contributed by atoms with Gasteiger partial charge in [0.15, 0.2) is 5.96 Å². The molecule has 22 heavy (non-hydrogen) atoms. The van der Waals surface area contributed by atoms with Gasteiger partial charge in [0.1, 0.15) is 0 Å². The molecule has 4 aliphatic heterocycles. The Bertz CT molecular complexity index is 354. The van der Waals surface area contributed by atoms with Crippen molar-refractivity contribution < 1.29 is 0 Å². The van der Waals surface area contributed by atoms with Crippen molar-refractivity contribution in [2.75, 3.05) is 58.1 Å². The zero-order valence-electron chi connectivity index (χ0n) is 13.6. The van der Waals surface area contributed by atoms with Gasteiger partial charge in [0.2, 0.25) is 0 Å². The SMILES string of the molecule is CCNC(=NCC1CN2CCN1CC2)NCC1CCCS1.I. The van der Waals surface area contributed by atoms with E-state index in [4.69, 9.17) is 4.99 Å². The van der Waals surface area contributed by atoms with E-state index in [0.29, 0.717) is 6.04 Å². The van der Waals surface area contributed by atoms with Gasteiger partial charge in [-0.3, -0.25) is 14.8 Å². The number of hydrogen-bond donors (Lipinski definition) is 2. The molecule has 2 bridgehead atoms. The molecule has 4 fully saturated rings. The van der Waals surface area contributed by atoms with E-state index in [2.05, 4.69) is 39.1 Å². The number of nitrogens with zero attached hydrogens (tertiary/aromatic N) is 3. The van der Waals surface area contributed by atoms with Gasteiger partial charge < -0.3 is 10.6 Å². The van der Waals surface area contributed by atoms with E-state index >= 15 is 0 Å². The van der Waals surface area contributed by atoms with E-state index < -0.39 is 0 Å². The predicted octanol–water partition coefficient (Wildman–Crippen LogP) is 1.05. The summed E-state index contributed by atoms with van der Waals surface area (Å²) < 4.78 is 0. The summed E-state index contributed by atoms with van der Waals surface area (Å²) >= 11 is 2.10. The first-order valence-electron chi connectivity index (χ1n) is 8.45. The monoisotopic (exact) mass is 439 g/mol. The Labute approximate surface area is 156 Å². The molecule has 0 amide bonds. The van der Waals surface area contributed by atoms with Crippen LogP contribution in [-0.2, 0) is 0 Å². The molecule has 0 radical (unpaired) electrons. The van der Waals surface area contributed by atoms with Crippen LogP contribution in [0.25, 0.3) is 0 Å². The Hall–Kier alpha value is 0.270. The van der Waals surface area contributed by atoms with Gasteiger partial charge in [-0.1, -0.05) is 0 Å². The number of rotatable bonds is 5. The highest BCUT2D eigenvalue weighted by Gasteiger charge is 2.31. The van der Waals surface area contributed by atoms with Crippen LogP contribution in [-0.4, -0.2) is 85.2 Å². The lowest BCUT2D eigenvalue weighted by molar-refractivity contribution is 0.0174. The van der Waals surface area contributed by atoms with Gasteiger partial charge in [-0.2, -0.15) is 11.8 Å². The molecule has 7 heteroatoms. The first kappa shape index (κ1) is 18.6. The molecule has 0 aliphatic carbocycles. The Morgan fingerprint density at radius 3 is 2.64 bits per heavy atom. The maximum atomic E-state index is 4.83. The van der Waals surface area contributed by atoms with Crippen molar-refractivity contribution in [1.29, 1.82) is 0 Å². The van der Waals surface area contributed by atoms with Crippen LogP contribution in [0.2, 0.25) is 0 Å². The summed E-state index contributed by atoms with van der Waals surface area (Å²) in [7, 11) is 0. The third-order valence-corrected chi connectivity index (χ3v) is 6.12. The number of nitrogens with one attached hydrogen (secondary N) is 2. The zero-order valence-corrected chi connectivity index (χ0v) is 16.7. The number of thioether (sulfide) groups is 1. The number of fused-ring (bicyclic) bond motifs is 3. The topological polar surface area (TPSA) is 42.9 Å². The minimum atomic E-state index is 0. The van der Waals surface area contributed by atoms with Crippen molar-refractivity contribution in [3.63, 3.8) is 0 Å². The normalized spacial score (nSPS) is 34.3. The fourth-order valence-corrected chi connectivity index (χ4v) is 4.65. The van der Waals surface area contributed by atoms with Gasteiger partial charge >= 0.3 is 0 Å². The van der Waals surface area contributed by atoms with Crippen molar-refractivity contribution >= 4 is 41.7 Å². The minimum absolute atomic E-state index is 0. The maximum Gasteiger partial charge on any atom is 0.191 e. The van der Waals surface area contributed by atoms with Gasteiger partial charge in [-0.15, -0.1) is 24.0 Å². The summed E-state index contributed by atoms with van der Waals surface area (Å²) in [5, 5.41) is 7.69. The molecule has 4 rings (SSSR count). The molecule has 4 aliphatic rings. The van der Waals surface area contributed by atoms with Crippen LogP contribution in [0.3, 0.4) is 0 Å². The second-order valence-corrected chi connectivity index (χ2v) is 7.63. The lowest BCUT2D eigenvalue weighted by atomic mass is 10.1. The fourth-order valence-electron chi connectivity index (χ4n) is 3.45. The van der Waals surface area contributed by atoms with Crippen LogP contribution in [0.4, 0.5) is 0 Å². The second kappa shape index (κ2) is 9.54. The Balaban J connectivity index is 0.00000176. The summed E-state index contributed by atoms with van der Waals surface area (Å²) in [6.07, 6.45) is 2.72. The third kappa shape index (κ3) is 5.14. The largest absolute Gasteiger partial charge is 0.357 e. The number of hydrogen-bond acceptors (Lipinski definition) is 4. The standard InChI is InChI=1S/C15H29N5S.HI/c1-2-16-15(18-11-14-4-3-9-21-14)17-10-13-12-19-5-7-20(13)8-6-19;/h13-14H,2-12H2,1H3,(H2,16,17,18);1H. The van der Waals surface area contributed by atoms with Crippen LogP contribution in [0.1, 0.15) is 19.8 Å². The van der Waals surface area contributed by atoms with Crippen molar-refractivity contribution in [3.8, 4) is 0 Å². The molecule has 0 aromatic rings. The molecule has 2 unspecified atom stereocenters. The van der Waals surface area contributed by atoms with Gasteiger partial charge in [-0.25, -0.2) is 0 Å². The van der Waals surface area contributed by atoms with Gasteiger partial charge in [-0.05, 0) is 25.5 Å². The maximum absolute atomic E-state index is 4.83. The van der Waals surface area contributed by atoms with Crippen molar-refractivity contribution in [3.05, 3.63) is 0 Å².